The van der Waals surface area contributed by atoms with Crippen molar-refractivity contribution >= 4 is 44.7 Å². The maximum absolute atomic E-state index is 5.28. The molecule has 0 amide bonds. The third-order valence-corrected chi connectivity index (χ3v) is 7.10. The topological polar surface area (TPSA) is 30.7 Å². The van der Waals surface area contributed by atoms with E-state index < -0.39 is 0 Å². The second-order valence-corrected chi connectivity index (χ2v) is 9.52. The van der Waals surface area contributed by atoms with Gasteiger partial charge in [-0.05, 0) is 54.6 Å². The number of hydrogen-bond acceptors (Lipinski definition) is 2. The maximum atomic E-state index is 5.28. The van der Waals surface area contributed by atoms with Gasteiger partial charge in [0.1, 0.15) is 0 Å². The van der Waals surface area contributed by atoms with E-state index in [1.165, 1.54) is 10.8 Å². The molecule has 2 aromatic heterocycles. The van der Waals surface area contributed by atoms with Gasteiger partial charge in [0.25, 0.3) is 0 Å². The standard InChI is InChI=1S/C36H29N3/c1-4-13-28-24-29(23-22-26(28)5-2)33-19-12-15-27-14-6-7-16-30(27)25(3)37-36(38-33)39-34-20-10-8-17-31(34)32-18-9-11-21-35(32)39/h4-24H,2H2,1,3H3/b13-4-,15-12?,19-12?,27-15?,30-25?,33-19?,37-25?,37-36?,38-33?,38-36?. The Labute approximate surface area is 228 Å². The number of hydrogen-bond donors (Lipinski definition) is 0. The highest BCUT2D eigenvalue weighted by atomic mass is 15.2. The smallest absolute Gasteiger partial charge is 0.235 e. The molecule has 39 heavy (non-hydrogen) atoms. The number of benzene rings is 4. The molecule has 6 aromatic rings. The second-order valence-electron chi connectivity index (χ2n) is 9.52. The Morgan fingerprint density at radius 1 is 0.667 bits per heavy atom. The lowest BCUT2D eigenvalue weighted by atomic mass is 10.0. The molecule has 0 N–H and O–H groups in total. The van der Waals surface area contributed by atoms with Crippen molar-refractivity contribution in [2.24, 2.45) is 0 Å². The van der Waals surface area contributed by atoms with Gasteiger partial charge in [-0.3, -0.25) is 4.57 Å². The Hall–Kier alpha value is -5.02. The van der Waals surface area contributed by atoms with Crippen molar-refractivity contribution in [1.82, 2.24) is 14.5 Å². The monoisotopic (exact) mass is 503 g/mol. The summed E-state index contributed by atoms with van der Waals surface area (Å²) >= 11 is 0. The van der Waals surface area contributed by atoms with E-state index in [1.807, 2.05) is 19.1 Å². The van der Waals surface area contributed by atoms with Gasteiger partial charge in [0.2, 0.25) is 5.95 Å². The van der Waals surface area contributed by atoms with E-state index in [1.54, 1.807) is 0 Å². The van der Waals surface area contributed by atoms with E-state index in [4.69, 9.17) is 9.97 Å². The molecular formula is C36H29N3. The van der Waals surface area contributed by atoms with Crippen LogP contribution in [0, 0.1) is 6.92 Å². The quantitative estimate of drug-likeness (QED) is 0.240. The van der Waals surface area contributed by atoms with Crippen LogP contribution in [0.25, 0.3) is 61.9 Å². The van der Waals surface area contributed by atoms with E-state index >= 15 is 0 Å². The molecule has 4 aromatic carbocycles. The molecule has 0 bridgehead atoms. The number of allylic oxidation sites excluding steroid dienone is 1. The minimum Gasteiger partial charge on any atom is -0.278 e. The molecule has 0 saturated carbocycles. The van der Waals surface area contributed by atoms with Gasteiger partial charge in [0, 0.05) is 27.4 Å². The summed E-state index contributed by atoms with van der Waals surface area (Å²) in [4.78, 5) is 10.5. The molecule has 0 saturated heterocycles. The third-order valence-electron chi connectivity index (χ3n) is 7.10. The van der Waals surface area contributed by atoms with Crippen molar-refractivity contribution in [2.45, 2.75) is 13.8 Å². The Kier molecular flexibility index (Phi) is 6.48. The van der Waals surface area contributed by atoms with Gasteiger partial charge in [0.15, 0.2) is 0 Å². The van der Waals surface area contributed by atoms with Gasteiger partial charge in [-0.1, -0.05) is 110 Å². The second kappa shape index (κ2) is 10.4. The Morgan fingerprint density at radius 3 is 2.00 bits per heavy atom. The van der Waals surface area contributed by atoms with Crippen molar-refractivity contribution in [2.75, 3.05) is 0 Å². The molecule has 0 spiro atoms. The van der Waals surface area contributed by atoms with Crippen molar-refractivity contribution < 1.29 is 0 Å². The molecule has 0 atom stereocenters. The van der Waals surface area contributed by atoms with Gasteiger partial charge in [-0.2, -0.15) is 0 Å². The molecule has 0 radical (unpaired) electrons. The van der Waals surface area contributed by atoms with E-state index in [9.17, 15) is 0 Å². The van der Waals surface area contributed by atoms with Crippen LogP contribution in [0.2, 0.25) is 0 Å². The third kappa shape index (κ3) is 4.49. The highest BCUT2D eigenvalue weighted by Crippen LogP contribution is 2.31. The predicted molar refractivity (Wildman–Crippen MR) is 166 cm³/mol. The van der Waals surface area contributed by atoms with Crippen LogP contribution < -0.4 is 0 Å². The SMILES string of the molecule is C=Cc1ccc(-c2cccc3ccccc3c(C)nc(-n3c4ccccc4c4ccccc43)n2)cc1/C=C\C. The fraction of sp³-hybridized carbons (Fsp3) is 0.0556. The average Bonchev–Trinajstić information content (AvgIpc) is 3.31. The molecule has 0 fully saturated rings. The molecule has 0 aliphatic rings. The molecular weight excluding hydrogens is 474 g/mol. The summed E-state index contributed by atoms with van der Waals surface area (Å²) in [5, 5.41) is 4.56. The van der Waals surface area contributed by atoms with Crippen LogP contribution in [0.5, 0.6) is 0 Å². The lowest BCUT2D eigenvalue weighted by Crippen LogP contribution is -2.01. The lowest BCUT2D eigenvalue weighted by Gasteiger charge is -2.09. The highest BCUT2D eigenvalue weighted by Gasteiger charge is 2.14. The van der Waals surface area contributed by atoms with Gasteiger partial charge in [-0.25, -0.2) is 9.97 Å². The summed E-state index contributed by atoms with van der Waals surface area (Å²) in [6.45, 7) is 8.08. The minimum absolute atomic E-state index is 0.627. The van der Waals surface area contributed by atoms with Gasteiger partial charge >= 0.3 is 0 Å². The minimum atomic E-state index is 0.627. The molecule has 2 heterocycles. The molecule has 0 aliphatic carbocycles. The molecule has 188 valence electrons. The Bertz CT molecular complexity index is 1910. The zero-order chi connectivity index (χ0) is 26.8. The zero-order valence-electron chi connectivity index (χ0n) is 22.2. The molecule has 3 nitrogen and oxygen atoms in total. The first kappa shape index (κ1) is 24.3. The first-order valence-electron chi connectivity index (χ1n) is 13.2. The van der Waals surface area contributed by atoms with Crippen molar-refractivity contribution in [3.8, 4) is 17.2 Å². The van der Waals surface area contributed by atoms with Crippen molar-refractivity contribution in [3.63, 3.8) is 0 Å². The fourth-order valence-corrected chi connectivity index (χ4v) is 5.24. The van der Waals surface area contributed by atoms with E-state index in [0.29, 0.717) is 5.95 Å². The average molecular weight is 504 g/mol. The van der Waals surface area contributed by atoms with Gasteiger partial charge < -0.3 is 0 Å². The summed E-state index contributed by atoms with van der Waals surface area (Å²) in [5.41, 5.74) is 7.09. The first-order valence-corrected chi connectivity index (χ1v) is 13.2. The molecule has 6 rings (SSSR count). The number of fused-ring (bicyclic) bond motifs is 4. The van der Waals surface area contributed by atoms with Crippen molar-refractivity contribution in [1.29, 1.82) is 0 Å². The zero-order valence-corrected chi connectivity index (χ0v) is 22.2. The number of nitrogens with zero attached hydrogens (tertiary/aromatic N) is 3. The van der Waals surface area contributed by atoms with E-state index in [0.717, 1.165) is 49.9 Å². The summed E-state index contributed by atoms with van der Waals surface area (Å²) in [7, 11) is 0. The normalized spacial score (nSPS) is 11.3. The van der Waals surface area contributed by atoms with E-state index in [-0.39, 0.29) is 0 Å². The number of aryl methyl sites for hydroxylation is 1. The number of aromatic nitrogens is 3. The van der Waals surface area contributed by atoms with Crippen LogP contribution in [-0.2, 0) is 0 Å². The molecule has 3 heteroatoms. The van der Waals surface area contributed by atoms with Crippen LogP contribution >= 0.6 is 0 Å². The van der Waals surface area contributed by atoms with Crippen LogP contribution in [0.4, 0.5) is 0 Å². The van der Waals surface area contributed by atoms with Crippen LogP contribution in [0.15, 0.2) is 122 Å². The van der Waals surface area contributed by atoms with Crippen molar-refractivity contribution in [3.05, 3.63) is 139 Å². The summed E-state index contributed by atoms with van der Waals surface area (Å²) in [6.07, 6.45) is 6.04. The van der Waals surface area contributed by atoms with Crippen LogP contribution in [-0.4, -0.2) is 14.5 Å². The number of rotatable bonds is 4. The van der Waals surface area contributed by atoms with Crippen LogP contribution in [0.3, 0.4) is 0 Å². The number of para-hydroxylation sites is 2. The van der Waals surface area contributed by atoms with Crippen LogP contribution in [0.1, 0.15) is 23.7 Å². The Balaban J connectivity index is 1.75. The first-order chi connectivity index (χ1) is 19.2. The summed E-state index contributed by atoms with van der Waals surface area (Å²) in [6, 6.07) is 37.9. The van der Waals surface area contributed by atoms with E-state index in [2.05, 4.69) is 133 Å². The summed E-state index contributed by atoms with van der Waals surface area (Å²) in [5.74, 6) is 0.627. The fourth-order valence-electron chi connectivity index (χ4n) is 5.24. The largest absolute Gasteiger partial charge is 0.278 e. The lowest BCUT2D eigenvalue weighted by molar-refractivity contribution is 0.990. The molecule has 0 aliphatic heterocycles. The van der Waals surface area contributed by atoms with Gasteiger partial charge in [0.05, 0.1) is 16.7 Å². The predicted octanol–water partition coefficient (Wildman–Crippen LogP) is 9.50. The highest BCUT2D eigenvalue weighted by molar-refractivity contribution is 6.09. The molecule has 0 unspecified atom stereocenters. The summed E-state index contributed by atoms with van der Waals surface area (Å²) < 4.78 is 2.18. The maximum Gasteiger partial charge on any atom is 0.235 e. The van der Waals surface area contributed by atoms with Gasteiger partial charge in [-0.15, -0.1) is 0 Å². The Morgan fingerprint density at radius 2 is 1.31 bits per heavy atom.